The zero-order valence-corrected chi connectivity index (χ0v) is 15.5. The molecule has 0 aliphatic carbocycles. The van der Waals surface area contributed by atoms with E-state index >= 15 is 0 Å². The van der Waals surface area contributed by atoms with Gasteiger partial charge in [0.15, 0.2) is 15.5 Å². The number of nitrogens with one attached hydrogen (secondary N) is 2. The summed E-state index contributed by atoms with van der Waals surface area (Å²) in [6.07, 6.45) is -5.23. The van der Waals surface area contributed by atoms with Gasteiger partial charge in [0.05, 0.1) is 22.0 Å². The van der Waals surface area contributed by atoms with Gasteiger partial charge in [-0.25, -0.2) is 8.42 Å². The Bertz CT molecular complexity index is 1140. The number of halogens is 3. The molecule has 3 rings (SSSR count). The van der Waals surface area contributed by atoms with Crippen molar-refractivity contribution >= 4 is 32.2 Å². The summed E-state index contributed by atoms with van der Waals surface area (Å²) in [6.45, 7) is 1.32. The zero-order chi connectivity index (χ0) is 20.5. The van der Waals surface area contributed by atoms with Gasteiger partial charge in [-0.15, -0.1) is 0 Å². The molecule has 0 radical (unpaired) electrons. The molecule has 0 saturated carbocycles. The number of fused-ring (bicyclic) bond motifs is 1. The lowest BCUT2D eigenvalue weighted by Crippen LogP contribution is -2.19. The number of sulfone groups is 1. The number of nitrogens with zero attached hydrogens (tertiary/aromatic N) is 1. The molecule has 2 N–H and O–H groups in total. The summed E-state index contributed by atoms with van der Waals surface area (Å²) >= 11 is 0. The second-order valence-corrected chi connectivity index (χ2v) is 8.31. The third-order valence-electron chi connectivity index (χ3n) is 4.16. The molecule has 0 aliphatic heterocycles. The summed E-state index contributed by atoms with van der Waals surface area (Å²) in [4.78, 5) is 12.1. The van der Waals surface area contributed by atoms with Crippen LogP contribution < -0.4 is 5.32 Å². The number of carbonyl (C=O) groups excluding carboxylic acids is 1. The number of rotatable bonds is 5. The number of hydrogen-bond donors (Lipinski definition) is 2. The Kier molecular flexibility index (Phi) is 5.16. The minimum Gasteiger partial charge on any atom is -0.323 e. The molecule has 0 aliphatic rings. The zero-order valence-electron chi connectivity index (χ0n) is 14.7. The van der Waals surface area contributed by atoms with E-state index in [4.69, 9.17) is 0 Å². The van der Waals surface area contributed by atoms with Crippen LogP contribution in [0.5, 0.6) is 0 Å². The molecule has 0 saturated heterocycles. The van der Waals surface area contributed by atoms with E-state index < -0.39 is 45.5 Å². The molecular formula is C18H16F3N3O3S. The molecule has 0 fully saturated rings. The average molecular weight is 411 g/mol. The summed E-state index contributed by atoms with van der Waals surface area (Å²) in [5.74, 6) is -1.38. The molecule has 0 unspecified atom stereocenters. The molecule has 2 aromatic carbocycles. The van der Waals surface area contributed by atoms with Gasteiger partial charge in [-0.05, 0) is 29.8 Å². The molecule has 148 valence electrons. The molecule has 28 heavy (non-hydrogen) atoms. The molecular weight excluding hydrogens is 395 g/mol. The lowest BCUT2D eigenvalue weighted by molar-refractivity contribution is -0.140. The Morgan fingerprint density at radius 3 is 2.50 bits per heavy atom. The number of aromatic nitrogens is 2. The minimum atomic E-state index is -4.75. The Labute approximate surface area is 158 Å². The van der Waals surface area contributed by atoms with Gasteiger partial charge in [-0.3, -0.25) is 9.89 Å². The summed E-state index contributed by atoms with van der Waals surface area (Å²) < 4.78 is 63.7. The van der Waals surface area contributed by atoms with Crippen molar-refractivity contribution < 1.29 is 26.4 Å². The topological polar surface area (TPSA) is 91.9 Å². The average Bonchev–Trinajstić information content (AvgIpc) is 3.00. The fourth-order valence-corrected chi connectivity index (χ4v) is 3.97. The number of carbonyl (C=O) groups is 1. The number of anilines is 1. The number of aryl methyl sites for hydroxylation is 1. The second-order valence-electron chi connectivity index (χ2n) is 6.20. The number of hydrogen-bond acceptors (Lipinski definition) is 4. The normalized spacial score (nSPS) is 12.3. The van der Waals surface area contributed by atoms with Crippen LogP contribution in [-0.2, 0) is 20.8 Å². The van der Waals surface area contributed by atoms with Crippen LogP contribution in [0.15, 0.2) is 47.4 Å². The van der Waals surface area contributed by atoms with E-state index in [1.807, 2.05) is 12.1 Å². The minimum absolute atomic E-state index is 0.0260. The van der Waals surface area contributed by atoms with Gasteiger partial charge in [0.2, 0.25) is 5.91 Å². The van der Waals surface area contributed by atoms with E-state index in [0.29, 0.717) is 0 Å². The Morgan fingerprint density at radius 2 is 1.82 bits per heavy atom. The molecule has 1 heterocycles. The van der Waals surface area contributed by atoms with Gasteiger partial charge in [-0.2, -0.15) is 18.3 Å². The van der Waals surface area contributed by atoms with E-state index in [1.54, 1.807) is 18.2 Å². The number of aromatic amines is 1. The quantitative estimate of drug-likeness (QED) is 0.670. The van der Waals surface area contributed by atoms with Crippen molar-refractivity contribution in [3.05, 3.63) is 53.9 Å². The molecule has 0 atom stereocenters. The molecule has 3 aromatic rings. The number of amides is 1. The summed E-state index contributed by atoms with van der Waals surface area (Å²) in [6, 6.07) is 11.8. The first-order chi connectivity index (χ1) is 13.1. The van der Waals surface area contributed by atoms with Crippen molar-refractivity contribution in [3.63, 3.8) is 0 Å². The highest BCUT2D eigenvalue weighted by Crippen LogP contribution is 2.34. The molecule has 1 aromatic heterocycles. The van der Waals surface area contributed by atoms with Crippen molar-refractivity contribution in [2.75, 3.05) is 11.1 Å². The number of benzene rings is 2. The van der Waals surface area contributed by atoms with Gasteiger partial charge in [0.1, 0.15) is 0 Å². The van der Waals surface area contributed by atoms with Crippen LogP contribution in [0.3, 0.4) is 0 Å². The monoisotopic (exact) mass is 411 g/mol. The third-order valence-corrected chi connectivity index (χ3v) is 5.87. The Morgan fingerprint density at radius 1 is 1.14 bits per heavy atom. The maximum Gasteiger partial charge on any atom is 0.437 e. The van der Waals surface area contributed by atoms with Crippen molar-refractivity contribution in [3.8, 4) is 0 Å². The summed E-state index contributed by atoms with van der Waals surface area (Å²) in [7, 11) is -3.78. The van der Waals surface area contributed by atoms with E-state index in [1.165, 1.54) is 19.1 Å². The van der Waals surface area contributed by atoms with E-state index in [0.717, 1.165) is 10.8 Å². The van der Waals surface area contributed by atoms with Crippen LogP contribution in [0.4, 0.5) is 18.9 Å². The molecule has 10 heteroatoms. The first-order valence-electron chi connectivity index (χ1n) is 8.21. The van der Waals surface area contributed by atoms with Crippen LogP contribution in [0.2, 0.25) is 0 Å². The van der Waals surface area contributed by atoms with Crippen molar-refractivity contribution in [2.45, 2.75) is 24.4 Å². The predicted molar refractivity (Wildman–Crippen MR) is 97.6 cm³/mol. The second kappa shape index (κ2) is 7.27. The van der Waals surface area contributed by atoms with Crippen LogP contribution in [0.1, 0.15) is 17.8 Å². The highest BCUT2D eigenvalue weighted by atomic mass is 32.2. The Balaban J connectivity index is 1.72. The standard InChI is InChI=1S/C18H16F3N3O3S/c1-11-16(17(24-23-11)18(19,20)21)22-15(25)8-9-28(26,27)14-7-6-12-4-2-3-5-13(12)10-14/h2-7,10H,8-9H2,1H3,(H,22,25)(H,23,24). The maximum absolute atomic E-state index is 12.9. The first kappa shape index (κ1) is 19.9. The van der Waals surface area contributed by atoms with Crippen molar-refractivity contribution in [1.82, 2.24) is 10.2 Å². The van der Waals surface area contributed by atoms with Crippen LogP contribution in [0.25, 0.3) is 10.8 Å². The molecule has 0 bridgehead atoms. The molecule has 6 nitrogen and oxygen atoms in total. The fraction of sp³-hybridized carbons (Fsp3) is 0.222. The van der Waals surface area contributed by atoms with Gasteiger partial charge in [0, 0.05) is 6.42 Å². The summed E-state index contributed by atoms with van der Waals surface area (Å²) in [5, 5.41) is 9.01. The highest BCUT2D eigenvalue weighted by molar-refractivity contribution is 7.91. The lowest BCUT2D eigenvalue weighted by Gasteiger charge is -2.09. The third kappa shape index (κ3) is 4.16. The van der Waals surface area contributed by atoms with Crippen molar-refractivity contribution in [2.24, 2.45) is 0 Å². The fourth-order valence-electron chi connectivity index (χ4n) is 2.69. The SMILES string of the molecule is Cc1[nH]nc(C(F)(F)F)c1NC(=O)CCS(=O)(=O)c1ccc2ccccc2c1. The number of H-pyrrole nitrogens is 1. The van der Waals surface area contributed by atoms with Gasteiger partial charge >= 0.3 is 6.18 Å². The highest BCUT2D eigenvalue weighted by Gasteiger charge is 2.38. The van der Waals surface area contributed by atoms with E-state index in [-0.39, 0.29) is 10.6 Å². The van der Waals surface area contributed by atoms with Gasteiger partial charge in [0.25, 0.3) is 0 Å². The van der Waals surface area contributed by atoms with Crippen molar-refractivity contribution in [1.29, 1.82) is 0 Å². The largest absolute Gasteiger partial charge is 0.437 e. The maximum atomic E-state index is 12.9. The van der Waals surface area contributed by atoms with E-state index in [2.05, 4.69) is 15.5 Å². The predicted octanol–water partition coefficient (Wildman–Crippen LogP) is 3.69. The van der Waals surface area contributed by atoms with Crippen LogP contribution in [0, 0.1) is 6.92 Å². The Hall–Kier alpha value is -2.88. The van der Waals surface area contributed by atoms with Crippen LogP contribution in [-0.4, -0.2) is 30.3 Å². The van der Waals surface area contributed by atoms with Gasteiger partial charge in [-0.1, -0.05) is 30.3 Å². The summed E-state index contributed by atoms with van der Waals surface area (Å²) in [5.41, 5.74) is -1.73. The molecule has 1 amide bonds. The first-order valence-corrected chi connectivity index (χ1v) is 9.87. The van der Waals surface area contributed by atoms with E-state index in [9.17, 15) is 26.4 Å². The van der Waals surface area contributed by atoms with Gasteiger partial charge < -0.3 is 5.32 Å². The van der Waals surface area contributed by atoms with Crippen LogP contribution >= 0.6 is 0 Å². The molecule has 0 spiro atoms. The number of alkyl halides is 3. The smallest absolute Gasteiger partial charge is 0.323 e. The lowest BCUT2D eigenvalue weighted by atomic mass is 10.1.